The third-order valence-corrected chi connectivity index (χ3v) is 7.60. The van der Waals surface area contributed by atoms with Gasteiger partial charge in [-0.3, -0.25) is 4.79 Å². The van der Waals surface area contributed by atoms with Gasteiger partial charge in [-0.1, -0.05) is 168 Å². The summed E-state index contributed by atoms with van der Waals surface area (Å²) in [5.41, 5.74) is 0. The van der Waals surface area contributed by atoms with E-state index in [4.69, 9.17) is 4.74 Å². The fraction of sp³-hybridized carbons (Fsp3) is 0.939. The topological polar surface area (TPSA) is 63.6 Å². The second kappa shape index (κ2) is 29.5. The van der Waals surface area contributed by atoms with Crippen LogP contribution < -0.4 is 0 Å². The predicted molar refractivity (Wildman–Crippen MR) is 158 cm³/mol. The Labute approximate surface area is 231 Å². The number of ether oxygens (including phenoxy) is 1. The first-order valence-corrected chi connectivity index (χ1v) is 16.5. The van der Waals surface area contributed by atoms with Gasteiger partial charge >= 0.3 is 11.9 Å². The second-order valence-electron chi connectivity index (χ2n) is 11.3. The van der Waals surface area contributed by atoms with Crippen molar-refractivity contribution in [1.29, 1.82) is 0 Å². The highest BCUT2D eigenvalue weighted by atomic mass is 16.6. The number of rotatable bonds is 30. The fourth-order valence-corrected chi connectivity index (χ4v) is 5.09. The zero-order chi connectivity index (χ0) is 27.2. The van der Waals surface area contributed by atoms with Crippen molar-refractivity contribution >= 4 is 11.9 Å². The third kappa shape index (κ3) is 27.8. The van der Waals surface area contributed by atoms with Crippen LogP contribution in [0.15, 0.2) is 0 Å². The number of hydrogen-bond donors (Lipinski definition) is 1. The Balaban J connectivity index is 3.49. The smallest absolute Gasteiger partial charge is 0.345 e. The summed E-state index contributed by atoms with van der Waals surface area (Å²) >= 11 is 0. The van der Waals surface area contributed by atoms with E-state index in [0.29, 0.717) is 12.8 Å². The minimum Gasteiger partial charge on any atom is -0.479 e. The van der Waals surface area contributed by atoms with Crippen LogP contribution >= 0.6 is 0 Å². The molecular formula is C33H64O4. The molecule has 0 aromatic carbocycles. The second-order valence-corrected chi connectivity index (χ2v) is 11.3. The van der Waals surface area contributed by atoms with Gasteiger partial charge in [0.25, 0.3) is 0 Å². The molecule has 0 aromatic heterocycles. The van der Waals surface area contributed by atoms with Gasteiger partial charge in [0.1, 0.15) is 0 Å². The van der Waals surface area contributed by atoms with Crippen LogP contribution in [0.1, 0.15) is 194 Å². The molecule has 4 nitrogen and oxygen atoms in total. The summed E-state index contributed by atoms with van der Waals surface area (Å²) in [5.74, 6) is -1.35. The molecule has 1 unspecified atom stereocenters. The molecular weight excluding hydrogens is 460 g/mol. The molecule has 0 rings (SSSR count). The summed E-state index contributed by atoms with van der Waals surface area (Å²) in [4.78, 5) is 23.5. The third-order valence-electron chi connectivity index (χ3n) is 7.60. The average molecular weight is 525 g/mol. The molecule has 0 aromatic rings. The van der Waals surface area contributed by atoms with Crippen molar-refractivity contribution in [3.63, 3.8) is 0 Å². The van der Waals surface area contributed by atoms with Crippen molar-refractivity contribution in [2.45, 2.75) is 200 Å². The van der Waals surface area contributed by atoms with Gasteiger partial charge in [0.05, 0.1) is 0 Å². The number of esters is 1. The first-order valence-electron chi connectivity index (χ1n) is 16.5. The number of unbranched alkanes of at least 4 members (excludes halogenated alkanes) is 24. The minimum atomic E-state index is -1.00. The molecule has 220 valence electrons. The quantitative estimate of drug-likeness (QED) is 0.0749. The van der Waals surface area contributed by atoms with Gasteiger partial charge in [-0.15, -0.1) is 0 Å². The van der Waals surface area contributed by atoms with E-state index in [1.807, 2.05) is 0 Å². The number of carboxylic acids is 1. The fourth-order valence-electron chi connectivity index (χ4n) is 5.09. The van der Waals surface area contributed by atoms with Crippen LogP contribution in [0.4, 0.5) is 0 Å². The normalized spacial score (nSPS) is 12.1. The number of carboxylic acid groups (broad SMARTS) is 1. The van der Waals surface area contributed by atoms with E-state index in [9.17, 15) is 14.7 Å². The molecule has 0 saturated heterocycles. The lowest BCUT2D eigenvalue weighted by atomic mass is 10.0. The first kappa shape index (κ1) is 35.9. The van der Waals surface area contributed by atoms with E-state index < -0.39 is 12.1 Å². The summed E-state index contributed by atoms with van der Waals surface area (Å²) in [6, 6.07) is 0. The van der Waals surface area contributed by atoms with Gasteiger partial charge in [0.2, 0.25) is 0 Å². The molecule has 0 heterocycles. The number of carbonyl (C=O) groups excluding carboxylic acids is 1. The SMILES string of the molecule is CCCCCCCCCCCCCCCCCCCCC(OC(=O)CCCCCCCCCC)C(=O)O. The predicted octanol–water partition coefficient (Wildman–Crippen LogP) is 10.9. The van der Waals surface area contributed by atoms with Crippen LogP contribution in [-0.4, -0.2) is 23.1 Å². The van der Waals surface area contributed by atoms with Crippen molar-refractivity contribution in [3.05, 3.63) is 0 Å². The van der Waals surface area contributed by atoms with Crippen molar-refractivity contribution in [3.8, 4) is 0 Å². The molecule has 37 heavy (non-hydrogen) atoms. The van der Waals surface area contributed by atoms with E-state index in [0.717, 1.165) is 38.5 Å². The maximum atomic E-state index is 12.0. The van der Waals surface area contributed by atoms with Crippen molar-refractivity contribution in [2.75, 3.05) is 0 Å². The average Bonchev–Trinajstić information content (AvgIpc) is 2.88. The molecule has 0 fully saturated rings. The Morgan fingerprint density at radius 1 is 0.486 bits per heavy atom. The number of carbonyl (C=O) groups is 2. The summed E-state index contributed by atoms with van der Waals surface area (Å²) in [7, 11) is 0. The van der Waals surface area contributed by atoms with Gasteiger partial charge in [-0.2, -0.15) is 0 Å². The molecule has 0 radical (unpaired) electrons. The van der Waals surface area contributed by atoms with Gasteiger partial charge < -0.3 is 9.84 Å². The summed E-state index contributed by atoms with van der Waals surface area (Å²) in [6.07, 6.45) is 32.8. The van der Waals surface area contributed by atoms with Crippen molar-refractivity contribution in [2.24, 2.45) is 0 Å². The number of hydrogen-bond acceptors (Lipinski definition) is 3. The molecule has 0 amide bonds. The molecule has 0 aliphatic heterocycles. The minimum absolute atomic E-state index is 0.345. The lowest BCUT2D eigenvalue weighted by molar-refractivity contribution is -0.164. The standard InChI is InChI=1S/C33H64O4/c1-3-5-7-9-11-13-14-15-16-17-18-19-20-21-22-23-25-27-29-31(33(35)36)37-32(34)30-28-26-24-12-10-8-6-4-2/h31H,3-30H2,1-2H3,(H,35,36). The van der Waals surface area contributed by atoms with E-state index in [-0.39, 0.29) is 5.97 Å². The molecule has 0 bridgehead atoms. The first-order chi connectivity index (χ1) is 18.1. The lowest BCUT2D eigenvalue weighted by Gasteiger charge is -2.13. The molecule has 1 N–H and O–H groups in total. The zero-order valence-electron chi connectivity index (χ0n) is 25.0. The zero-order valence-corrected chi connectivity index (χ0v) is 25.0. The highest BCUT2D eigenvalue weighted by molar-refractivity contribution is 5.77. The van der Waals surface area contributed by atoms with E-state index in [1.54, 1.807) is 0 Å². The summed E-state index contributed by atoms with van der Waals surface area (Å²) in [6.45, 7) is 4.50. The summed E-state index contributed by atoms with van der Waals surface area (Å²) in [5, 5.41) is 9.40. The Morgan fingerprint density at radius 3 is 1.11 bits per heavy atom. The maximum absolute atomic E-state index is 12.0. The van der Waals surface area contributed by atoms with Crippen LogP contribution in [-0.2, 0) is 14.3 Å². The molecule has 0 saturated carbocycles. The highest BCUT2D eigenvalue weighted by Gasteiger charge is 2.21. The van der Waals surface area contributed by atoms with Gasteiger partial charge in [0, 0.05) is 6.42 Å². The largest absolute Gasteiger partial charge is 0.479 e. The van der Waals surface area contributed by atoms with Gasteiger partial charge in [-0.25, -0.2) is 4.79 Å². The lowest BCUT2D eigenvalue weighted by Crippen LogP contribution is -2.27. The Bertz CT molecular complexity index is 491. The maximum Gasteiger partial charge on any atom is 0.345 e. The molecule has 0 aliphatic rings. The van der Waals surface area contributed by atoms with Crippen LogP contribution in [0.25, 0.3) is 0 Å². The van der Waals surface area contributed by atoms with Gasteiger partial charge in [0.15, 0.2) is 6.10 Å². The molecule has 4 heteroatoms. The van der Waals surface area contributed by atoms with Crippen LogP contribution in [0.2, 0.25) is 0 Å². The molecule has 0 spiro atoms. The van der Waals surface area contributed by atoms with E-state index >= 15 is 0 Å². The summed E-state index contributed by atoms with van der Waals surface area (Å²) < 4.78 is 5.27. The monoisotopic (exact) mass is 524 g/mol. The van der Waals surface area contributed by atoms with Crippen LogP contribution in [0, 0.1) is 0 Å². The molecule has 1 atom stereocenters. The Kier molecular flexibility index (Phi) is 28.7. The van der Waals surface area contributed by atoms with Crippen LogP contribution in [0.5, 0.6) is 0 Å². The Morgan fingerprint density at radius 2 is 0.784 bits per heavy atom. The van der Waals surface area contributed by atoms with Crippen LogP contribution in [0.3, 0.4) is 0 Å². The van der Waals surface area contributed by atoms with Crippen molar-refractivity contribution < 1.29 is 19.4 Å². The molecule has 0 aliphatic carbocycles. The van der Waals surface area contributed by atoms with Crippen molar-refractivity contribution in [1.82, 2.24) is 0 Å². The van der Waals surface area contributed by atoms with E-state index in [1.165, 1.54) is 128 Å². The Hall–Kier alpha value is -1.06. The van der Waals surface area contributed by atoms with Gasteiger partial charge in [-0.05, 0) is 19.3 Å². The van der Waals surface area contributed by atoms with E-state index in [2.05, 4.69) is 13.8 Å². The number of aliphatic carboxylic acids is 1. The highest BCUT2D eigenvalue weighted by Crippen LogP contribution is 2.16.